The molecule has 0 saturated heterocycles. The van der Waals surface area contributed by atoms with Gasteiger partial charge in [0.1, 0.15) is 5.69 Å². The summed E-state index contributed by atoms with van der Waals surface area (Å²) < 4.78 is 0. The second-order valence-corrected chi connectivity index (χ2v) is 5.47. The molecule has 23 heavy (non-hydrogen) atoms. The molecule has 2 rings (SSSR count). The SMILES string of the molecule is CCC(C)NC(=O)c1ccc(Nc2ccc(C(C)=O)cc2)cn1. The van der Waals surface area contributed by atoms with E-state index < -0.39 is 0 Å². The Labute approximate surface area is 136 Å². The predicted octanol–water partition coefficient (Wildman–Crippen LogP) is 3.56. The Hall–Kier alpha value is -2.69. The molecule has 1 aromatic heterocycles. The van der Waals surface area contributed by atoms with Gasteiger partial charge in [0.2, 0.25) is 0 Å². The zero-order chi connectivity index (χ0) is 16.8. The molecule has 1 atom stereocenters. The molecule has 5 nitrogen and oxygen atoms in total. The average molecular weight is 311 g/mol. The number of anilines is 2. The smallest absolute Gasteiger partial charge is 0.270 e. The first-order valence-corrected chi connectivity index (χ1v) is 7.64. The topological polar surface area (TPSA) is 71.1 Å². The molecular weight excluding hydrogens is 290 g/mol. The van der Waals surface area contributed by atoms with Gasteiger partial charge in [-0.3, -0.25) is 9.59 Å². The maximum atomic E-state index is 12.0. The van der Waals surface area contributed by atoms with Crippen molar-refractivity contribution in [1.29, 1.82) is 0 Å². The van der Waals surface area contributed by atoms with Gasteiger partial charge in [-0.25, -0.2) is 4.98 Å². The van der Waals surface area contributed by atoms with E-state index in [1.807, 2.05) is 26.0 Å². The Morgan fingerprint density at radius 1 is 1.09 bits per heavy atom. The normalized spacial score (nSPS) is 11.6. The number of carbonyl (C=O) groups excluding carboxylic acids is 2. The van der Waals surface area contributed by atoms with E-state index in [0.29, 0.717) is 11.3 Å². The Bertz CT molecular complexity index is 678. The van der Waals surface area contributed by atoms with Crippen LogP contribution in [0.15, 0.2) is 42.6 Å². The number of amides is 1. The van der Waals surface area contributed by atoms with Gasteiger partial charge in [0.05, 0.1) is 11.9 Å². The molecule has 0 aliphatic heterocycles. The molecule has 0 aliphatic carbocycles. The molecule has 2 aromatic rings. The van der Waals surface area contributed by atoms with Crippen molar-refractivity contribution in [2.45, 2.75) is 33.2 Å². The van der Waals surface area contributed by atoms with Crippen LogP contribution in [0, 0.1) is 0 Å². The minimum Gasteiger partial charge on any atom is -0.354 e. The minimum absolute atomic E-state index is 0.0369. The molecule has 1 unspecified atom stereocenters. The van der Waals surface area contributed by atoms with Gasteiger partial charge < -0.3 is 10.6 Å². The first kappa shape index (κ1) is 16.7. The summed E-state index contributed by atoms with van der Waals surface area (Å²) in [6.45, 7) is 5.51. The summed E-state index contributed by atoms with van der Waals surface area (Å²) in [6, 6.07) is 10.8. The third-order valence-corrected chi connectivity index (χ3v) is 3.57. The van der Waals surface area contributed by atoms with Gasteiger partial charge in [0, 0.05) is 17.3 Å². The highest BCUT2D eigenvalue weighted by molar-refractivity contribution is 5.94. The minimum atomic E-state index is -0.170. The number of rotatable bonds is 6. The van der Waals surface area contributed by atoms with Crippen LogP contribution in [0.5, 0.6) is 0 Å². The van der Waals surface area contributed by atoms with Gasteiger partial charge >= 0.3 is 0 Å². The van der Waals surface area contributed by atoms with E-state index in [-0.39, 0.29) is 17.7 Å². The van der Waals surface area contributed by atoms with Crippen LogP contribution in [0.2, 0.25) is 0 Å². The maximum Gasteiger partial charge on any atom is 0.270 e. The van der Waals surface area contributed by atoms with E-state index in [0.717, 1.165) is 17.8 Å². The fourth-order valence-electron chi connectivity index (χ4n) is 1.96. The van der Waals surface area contributed by atoms with Crippen molar-refractivity contribution in [3.05, 3.63) is 53.9 Å². The van der Waals surface area contributed by atoms with E-state index >= 15 is 0 Å². The van der Waals surface area contributed by atoms with Gasteiger partial charge in [0.25, 0.3) is 5.91 Å². The third kappa shape index (κ3) is 4.64. The molecule has 0 fully saturated rings. The zero-order valence-corrected chi connectivity index (χ0v) is 13.6. The van der Waals surface area contributed by atoms with Gasteiger partial charge in [0.15, 0.2) is 5.78 Å². The van der Waals surface area contributed by atoms with Crippen LogP contribution in [-0.2, 0) is 0 Å². The van der Waals surface area contributed by atoms with E-state index in [1.54, 1.807) is 30.5 Å². The average Bonchev–Trinajstić information content (AvgIpc) is 2.55. The van der Waals surface area contributed by atoms with Crippen molar-refractivity contribution in [1.82, 2.24) is 10.3 Å². The van der Waals surface area contributed by atoms with Crippen molar-refractivity contribution in [3.8, 4) is 0 Å². The summed E-state index contributed by atoms with van der Waals surface area (Å²) in [6.07, 6.45) is 2.49. The molecule has 5 heteroatoms. The Balaban J connectivity index is 2.02. The van der Waals surface area contributed by atoms with E-state index in [4.69, 9.17) is 0 Å². The summed E-state index contributed by atoms with van der Waals surface area (Å²) in [7, 11) is 0. The summed E-state index contributed by atoms with van der Waals surface area (Å²) in [5.74, 6) is -0.133. The quantitative estimate of drug-likeness (QED) is 0.800. The third-order valence-electron chi connectivity index (χ3n) is 3.57. The first-order chi connectivity index (χ1) is 11.0. The molecule has 120 valence electrons. The Kier molecular flexibility index (Phi) is 5.46. The number of ketones is 1. The van der Waals surface area contributed by atoms with Gasteiger partial charge in [-0.2, -0.15) is 0 Å². The number of benzene rings is 1. The lowest BCUT2D eigenvalue weighted by molar-refractivity contribution is 0.0933. The standard InChI is InChI=1S/C18H21N3O2/c1-4-12(2)20-18(23)17-10-9-16(11-19-17)21-15-7-5-14(6-8-15)13(3)22/h5-12,21H,4H2,1-3H3,(H,20,23). The van der Waals surface area contributed by atoms with Crippen molar-refractivity contribution in [2.24, 2.45) is 0 Å². The molecule has 1 aromatic carbocycles. The molecule has 1 amide bonds. The highest BCUT2D eigenvalue weighted by atomic mass is 16.2. The fourth-order valence-corrected chi connectivity index (χ4v) is 1.96. The van der Waals surface area contributed by atoms with Crippen LogP contribution in [0.25, 0.3) is 0 Å². The van der Waals surface area contributed by atoms with Crippen LogP contribution >= 0.6 is 0 Å². The molecule has 0 saturated carbocycles. The lowest BCUT2D eigenvalue weighted by atomic mass is 10.1. The van der Waals surface area contributed by atoms with Crippen molar-refractivity contribution in [2.75, 3.05) is 5.32 Å². The van der Waals surface area contributed by atoms with Crippen LogP contribution in [0.4, 0.5) is 11.4 Å². The van der Waals surface area contributed by atoms with Gasteiger partial charge in [-0.1, -0.05) is 6.92 Å². The van der Waals surface area contributed by atoms with Crippen LogP contribution in [0.1, 0.15) is 48.0 Å². The van der Waals surface area contributed by atoms with Crippen molar-refractivity contribution in [3.63, 3.8) is 0 Å². The molecule has 2 N–H and O–H groups in total. The predicted molar refractivity (Wildman–Crippen MR) is 91.2 cm³/mol. The van der Waals surface area contributed by atoms with Gasteiger partial charge in [-0.15, -0.1) is 0 Å². The van der Waals surface area contributed by atoms with E-state index in [9.17, 15) is 9.59 Å². The summed E-state index contributed by atoms with van der Waals surface area (Å²) in [5.41, 5.74) is 2.70. The molecule has 1 heterocycles. The van der Waals surface area contributed by atoms with Crippen LogP contribution in [-0.4, -0.2) is 22.7 Å². The molecule has 0 bridgehead atoms. The zero-order valence-electron chi connectivity index (χ0n) is 13.6. The fraction of sp³-hybridized carbons (Fsp3) is 0.278. The van der Waals surface area contributed by atoms with Crippen LogP contribution in [0.3, 0.4) is 0 Å². The molecular formula is C18H21N3O2. The number of pyridine rings is 1. The van der Waals surface area contributed by atoms with Crippen molar-refractivity contribution < 1.29 is 9.59 Å². The number of carbonyl (C=O) groups is 2. The number of Topliss-reactive ketones (excluding diaryl/α,β-unsaturated/α-hetero) is 1. The molecule has 0 aliphatic rings. The highest BCUT2D eigenvalue weighted by Crippen LogP contribution is 2.17. The van der Waals surface area contributed by atoms with Gasteiger partial charge in [-0.05, 0) is 56.7 Å². The van der Waals surface area contributed by atoms with E-state index in [2.05, 4.69) is 15.6 Å². The number of hydrogen-bond acceptors (Lipinski definition) is 4. The van der Waals surface area contributed by atoms with E-state index in [1.165, 1.54) is 6.92 Å². The summed E-state index contributed by atoms with van der Waals surface area (Å²) in [5, 5.41) is 6.06. The van der Waals surface area contributed by atoms with Crippen molar-refractivity contribution >= 4 is 23.1 Å². The first-order valence-electron chi connectivity index (χ1n) is 7.64. The maximum absolute atomic E-state index is 12.0. The van der Waals surface area contributed by atoms with Crippen LogP contribution < -0.4 is 10.6 Å². The number of aromatic nitrogens is 1. The Morgan fingerprint density at radius 3 is 2.26 bits per heavy atom. The summed E-state index contributed by atoms with van der Waals surface area (Å²) in [4.78, 5) is 27.4. The number of hydrogen-bond donors (Lipinski definition) is 2. The number of nitrogens with one attached hydrogen (secondary N) is 2. The monoisotopic (exact) mass is 311 g/mol. The lowest BCUT2D eigenvalue weighted by Crippen LogP contribution is -2.32. The summed E-state index contributed by atoms with van der Waals surface area (Å²) >= 11 is 0. The molecule has 0 spiro atoms. The second-order valence-electron chi connectivity index (χ2n) is 5.47. The second kappa shape index (κ2) is 7.54. The Morgan fingerprint density at radius 2 is 1.74 bits per heavy atom. The molecule has 0 radical (unpaired) electrons. The lowest BCUT2D eigenvalue weighted by Gasteiger charge is -2.11. The highest BCUT2D eigenvalue weighted by Gasteiger charge is 2.09. The largest absolute Gasteiger partial charge is 0.354 e. The number of nitrogens with zero attached hydrogens (tertiary/aromatic N) is 1.